The summed E-state index contributed by atoms with van der Waals surface area (Å²) in [5, 5.41) is 2.80. The highest BCUT2D eigenvalue weighted by molar-refractivity contribution is 5.85. The van der Waals surface area contributed by atoms with Gasteiger partial charge in [-0.1, -0.05) is 103 Å². The normalized spacial score (nSPS) is 20.4. The van der Waals surface area contributed by atoms with E-state index in [1.807, 2.05) is 47.5 Å². The lowest BCUT2D eigenvalue weighted by Gasteiger charge is -2.43. The number of nitrogens with one attached hydrogen (secondary N) is 1. The number of Topliss-reactive ketones (excluding diaryl/α,β-unsaturated/α-hetero) is 1. The Hall–Kier alpha value is -2.51. The molecule has 1 saturated heterocycles. The molecule has 0 spiro atoms. The van der Waals surface area contributed by atoms with Gasteiger partial charge in [0.1, 0.15) is 12.6 Å². The van der Waals surface area contributed by atoms with Crippen LogP contribution in [-0.2, 0) is 21.4 Å². The van der Waals surface area contributed by atoms with E-state index >= 15 is 0 Å². The van der Waals surface area contributed by atoms with Gasteiger partial charge in [0.2, 0.25) is 0 Å². The zero-order chi connectivity index (χ0) is 33.7. The number of likely N-dealkylation sites (tertiary alicyclic amines) is 1. The maximum Gasteiger partial charge on any atom is 0.401 e. The first-order valence-corrected chi connectivity index (χ1v) is 16.7. The minimum Gasteiger partial charge on any atom is -0.307 e. The van der Waals surface area contributed by atoms with Gasteiger partial charge in [-0.2, -0.15) is 13.2 Å². The summed E-state index contributed by atoms with van der Waals surface area (Å²) in [5.41, 5.74) is 4.35. The van der Waals surface area contributed by atoms with Gasteiger partial charge in [0, 0.05) is 23.3 Å². The topological polar surface area (TPSA) is 49.4 Å². The van der Waals surface area contributed by atoms with E-state index in [1.54, 1.807) is 0 Å². The van der Waals surface area contributed by atoms with Gasteiger partial charge >= 0.3 is 6.18 Å². The fourth-order valence-electron chi connectivity index (χ4n) is 6.85. The third kappa shape index (κ3) is 12.0. The lowest BCUT2D eigenvalue weighted by Crippen LogP contribution is -2.45. The predicted octanol–water partition coefficient (Wildman–Crippen LogP) is 8.81. The lowest BCUT2D eigenvalue weighted by atomic mass is 9.62. The molecule has 252 valence electrons. The first-order chi connectivity index (χ1) is 21.2. The number of halogens is 3. The molecule has 0 amide bonds. The highest BCUT2D eigenvalue weighted by atomic mass is 19.4. The number of carbonyl (C=O) groups is 2. The van der Waals surface area contributed by atoms with Crippen LogP contribution in [0, 0.1) is 17.3 Å². The molecule has 0 bridgehead atoms. The van der Waals surface area contributed by atoms with E-state index in [0.717, 1.165) is 51.0 Å². The van der Waals surface area contributed by atoms with Gasteiger partial charge in [0.05, 0.1) is 6.54 Å². The molecular formula is C38H57F3N2O2. The molecule has 4 rings (SSSR count). The number of allylic oxidation sites excluding steroid dienone is 5. The molecule has 2 aliphatic carbocycles. The molecular weight excluding hydrogens is 573 g/mol. The second kappa shape index (κ2) is 18.0. The van der Waals surface area contributed by atoms with Gasteiger partial charge in [-0.05, 0) is 86.4 Å². The number of nitrogens with zero attached hydrogens (tertiary/aromatic N) is 1. The number of fused-ring (bicyclic) bond motifs is 2. The first-order valence-electron chi connectivity index (χ1n) is 16.7. The maximum atomic E-state index is 13.1. The standard InChI is InChI=1S/C29H39F3N2.C8H16O.CH2O/c1-23-14-18-34(19-15-23)17-9-3-8-16-28(21-33-22-29(30,31)32)26-12-5-2-4-10-24(26)20-25-11-6-7-13-27(25)28;1-6(2)7(9)8(3,4)5;1-2/h2,5-7,10-13,23,33H,3-4,8-9,14-22H2,1H3;6H,1-5H3;1H2. The Labute approximate surface area is 270 Å². The molecule has 1 heterocycles. The minimum atomic E-state index is -4.21. The SMILES string of the molecule is C=O.CC(C)C(=O)C(C)(C)C.CC1CCN(CCCCCC2(CNCC(F)(F)F)C3=CC=CCC=C3Cc3ccccc32)CC1. The van der Waals surface area contributed by atoms with Crippen LogP contribution in [0.4, 0.5) is 13.2 Å². The van der Waals surface area contributed by atoms with Crippen molar-refractivity contribution in [3.63, 3.8) is 0 Å². The van der Waals surface area contributed by atoms with E-state index in [0.29, 0.717) is 12.3 Å². The summed E-state index contributed by atoms with van der Waals surface area (Å²) < 4.78 is 39.2. The number of ketones is 1. The van der Waals surface area contributed by atoms with Crippen LogP contribution in [0.25, 0.3) is 0 Å². The maximum absolute atomic E-state index is 13.1. The summed E-state index contributed by atoms with van der Waals surface area (Å²) in [4.78, 5) is 21.7. The molecule has 1 aliphatic heterocycles. The van der Waals surface area contributed by atoms with E-state index in [2.05, 4.69) is 59.6 Å². The van der Waals surface area contributed by atoms with Gasteiger partial charge in [0.25, 0.3) is 0 Å². The van der Waals surface area contributed by atoms with Crippen molar-refractivity contribution in [1.82, 2.24) is 10.2 Å². The second-order valence-electron chi connectivity index (χ2n) is 14.2. The van der Waals surface area contributed by atoms with Crippen LogP contribution < -0.4 is 5.32 Å². The van der Waals surface area contributed by atoms with Crippen LogP contribution in [0.5, 0.6) is 0 Å². The average Bonchev–Trinajstić information content (AvgIpc) is 3.24. The molecule has 3 aliphatic rings. The molecule has 4 nitrogen and oxygen atoms in total. The Kier molecular flexibility index (Phi) is 15.5. The number of piperidine rings is 1. The van der Waals surface area contributed by atoms with Crippen LogP contribution >= 0.6 is 0 Å². The lowest BCUT2D eigenvalue weighted by molar-refractivity contribution is -0.129. The monoisotopic (exact) mass is 630 g/mol. The third-order valence-corrected chi connectivity index (χ3v) is 9.14. The molecule has 7 heteroatoms. The summed E-state index contributed by atoms with van der Waals surface area (Å²) >= 11 is 0. The molecule has 45 heavy (non-hydrogen) atoms. The number of hydrogen-bond acceptors (Lipinski definition) is 4. The van der Waals surface area contributed by atoms with E-state index in [-0.39, 0.29) is 11.3 Å². The second-order valence-corrected chi connectivity index (χ2v) is 14.2. The average molecular weight is 631 g/mol. The van der Waals surface area contributed by atoms with Crippen molar-refractivity contribution in [3.8, 4) is 0 Å². The zero-order valence-corrected chi connectivity index (χ0v) is 28.6. The van der Waals surface area contributed by atoms with E-state index in [9.17, 15) is 18.0 Å². The van der Waals surface area contributed by atoms with E-state index in [1.165, 1.54) is 48.2 Å². The van der Waals surface area contributed by atoms with E-state index in [4.69, 9.17) is 4.79 Å². The Morgan fingerprint density at radius 1 is 1.07 bits per heavy atom. The number of carbonyl (C=O) groups excluding carboxylic acids is 2. The van der Waals surface area contributed by atoms with Crippen molar-refractivity contribution in [2.75, 3.05) is 32.7 Å². The quantitative estimate of drug-likeness (QED) is 0.263. The minimum absolute atomic E-state index is 0.159. The van der Waals surface area contributed by atoms with Gasteiger partial charge in [-0.25, -0.2) is 0 Å². The van der Waals surface area contributed by atoms with Crippen LogP contribution in [0.15, 0.2) is 59.7 Å². The third-order valence-electron chi connectivity index (χ3n) is 9.14. The zero-order valence-electron chi connectivity index (χ0n) is 28.6. The van der Waals surface area contributed by atoms with Crippen molar-refractivity contribution in [3.05, 3.63) is 70.8 Å². The fraction of sp³-hybridized carbons (Fsp3) is 0.632. The molecule has 1 N–H and O–H groups in total. The summed E-state index contributed by atoms with van der Waals surface area (Å²) in [7, 11) is 0. The fourth-order valence-corrected chi connectivity index (χ4v) is 6.85. The molecule has 1 aromatic carbocycles. The first kappa shape index (κ1) is 38.7. The molecule has 0 aromatic heterocycles. The van der Waals surface area contributed by atoms with E-state index < -0.39 is 18.1 Å². The van der Waals surface area contributed by atoms with Crippen LogP contribution in [0.2, 0.25) is 0 Å². The number of benzene rings is 1. The van der Waals surface area contributed by atoms with Crippen molar-refractivity contribution >= 4 is 12.6 Å². The Bertz CT molecular complexity index is 1150. The Morgan fingerprint density at radius 2 is 1.73 bits per heavy atom. The van der Waals surface area contributed by atoms with Gasteiger partial charge in [0.15, 0.2) is 0 Å². The Morgan fingerprint density at radius 3 is 2.33 bits per heavy atom. The molecule has 0 radical (unpaired) electrons. The van der Waals surface area contributed by atoms with Crippen molar-refractivity contribution in [1.29, 1.82) is 0 Å². The molecule has 1 aromatic rings. The van der Waals surface area contributed by atoms with Crippen LogP contribution in [0.3, 0.4) is 0 Å². The highest BCUT2D eigenvalue weighted by Crippen LogP contribution is 2.47. The van der Waals surface area contributed by atoms with Gasteiger partial charge in [-0.3, -0.25) is 4.79 Å². The van der Waals surface area contributed by atoms with Crippen molar-refractivity contribution < 1.29 is 22.8 Å². The van der Waals surface area contributed by atoms with Gasteiger partial charge in [-0.15, -0.1) is 0 Å². The smallest absolute Gasteiger partial charge is 0.307 e. The summed E-state index contributed by atoms with van der Waals surface area (Å²) in [6, 6.07) is 8.39. The predicted molar refractivity (Wildman–Crippen MR) is 180 cm³/mol. The number of unbranched alkanes of at least 4 members (excludes halogenated alkanes) is 2. The van der Waals surface area contributed by atoms with Crippen molar-refractivity contribution in [2.24, 2.45) is 17.3 Å². The molecule has 1 fully saturated rings. The summed E-state index contributed by atoms with van der Waals surface area (Å²) in [6.07, 6.45) is 12.9. The summed E-state index contributed by atoms with van der Waals surface area (Å²) in [6.45, 7) is 17.0. The molecule has 0 saturated carbocycles. The van der Waals surface area contributed by atoms with Crippen LogP contribution in [0.1, 0.15) is 97.6 Å². The number of alkyl halides is 3. The highest BCUT2D eigenvalue weighted by Gasteiger charge is 2.42. The number of hydrogen-bond donors (Lipinski definition) is 1. The Balaban J connectivity index is 0.000000553. The molecule has 1 unspecified atom stereocenters. The number of rotatable bonds is 10. The summed E-state index contributed by atoms with van der Waals surface area (Å²) in [5.74, 6) is 1.35. The largest absolute Gasteiger partial charge is 0.401 e. The van der Waals surface area contributed by atoms with Gasteiger partial charge < -0.3 is 15.0 Å². The van der Waals surface area contributed by atoms with Crippen molar-refractivity contribution in [2.45, 2.75) is 105 Å². The van der Waals surface area contributed by atoms with Crippen LogP contribution in [-0.4, -0.2) is 56.4 Å². The molecule has 1 atom stereocenters.